The fourth-order valence-electron chi connectivity index (χ4n) is 2.55. The molecule has 20 heavy (non-hydrogen) atoms. The SMILES string of the molecule is CCNCc1ccc(N2CCNC(=O)C2CC)cc1Cl. The summed E-state index contributed by atoms with van der Waals surface area (Å²) in [6.45, 7) is 7.30. The van der Waals surface area contributed by atoms with Gasteiger partial charge in [-0.25, -0.2) is 0 Å². The van der Waals surface area contributed by atoms with E-state index >= 15 is 0 Å². The van der Waals surface area contributed by atoms with Gasteiger partial charge in [-0.3, -0.25) is 4.79 Å². The third kappa shape index (κ3) is 3.25. The highest BCUT2D eigenvalue weighted by molar-refractivity contribution is 6.31. The minimum Gasteiger partial charge on any atom is -0.358 e. The van der Waals surface area contributed by atoms with E-state index in [9.17, 15) is 4.79 Å². The highest BCUT2D eigenvalue weighted by atomic mass is 35.5. The topological polar surface area (TPSA) is 44.4 Å². The van der Waals surface area contributed by atoms with Gasteiger partial charge in [-0.15, -0.1) is 0 Å². The number of rotatable bonds is 5. The molecule has 2 N–H and O–H groups in total. The van der Waals surface area contributed by atoms with Gasteiger partial charge in [0.05, 0.1) is 0 Å². The second-order valence-electron chi connectivity index (χ2n) is 4.96. The molecule has 0 aromatic heterocycles. The quantitative estimate of drug-likeness (QED) is 0.875. The standard InChI is InChI=1S/C15H22ClN3O/c1-3-14-15(20)18-7-8-19(14)12-6-5-11(10-17-4-2)13(16)9-12/h5-6,9,14,17H,3-4,7-8,10H2,1-2H3,(H,18,20). The molecule has 0 spiro atoms. The van der Waals surface area contributed by atoms with Crippen molar-refractivity contribution in [3.05, 3.63) is 28.8 Å². The van der Waals surface area contributed by atoms with Crippen LogP contribution < -0.4 is 15.5 Å². The maximum atomic E-state index is 11.9. The average molecular weight is 296 g/mol. The van der Waals surface area contributed by atoms with E-state index in [2.05, 4.69) is 28.5 Å². The van der Waals surface area contributed by atoms with Crippen molar-refractivity contribution in [3.63, 3.8) is 0 Å². The highest BCUT2D eigenvalue weighted by Gasteiger charge is 2.28. The lowest BCUT2D eigenvalue weighted by molar-refractivity contribution is -0.123. The van der Waals surface area contributed by atoms with E-state index in [4.69, 9.17) is 11.6 Å². The Morgan fingerprint density at radius 2 is 2.25 bits per heavy atom. The Balaban J connectivity index is 2.19. The smallest absolute Gasteiger partial charge is 0.242 e. The molecule has 1 aliphatic rings. The summed E-state index contributed by atoms with van der Waals surface area (Å²) in [4.78, 5) is 14.0. The summed E-state index contributed by atoms with van der Waals surface area (Å²) in [5.74, 6) is 0.103. The molecule has 1 heterocycles. The Morgan fingerprint density at radius 3 is 2.90 bits per heavy atom. The number of carbonyl (C=O) groups excluding carboxylic acids is 1. The van der Waals surface area contributed by atoms with Crippen molar-refractivity contribution >= 4 is 23.2 Å². The number of hydrogen-bond donors (Lipinski definition) is 2. The maximum absolute atomic E-state index is 11.9. The van der Waals surface area contributed by atoms with Gasteiger partial charge in [0.2, 0.25) is 5.91 Å². The molecule has 1 aromatic carbocycles. The molecule has 4 nitrogen and oxygen atoms in total. The molecule has 1 aliphatic heterocycles. The Morgan fingerprint density at radius 1 is 1.45 bits per heavy atom. The Hall–Kier alpha value is -1.26. The molecule has 0 aliphatic carbocycles. The summed E-state index contributed by atoms with van der Waals surface area (Å²) in [6.07, 6.45) is 0.794. The molecule has 0 bridgehead atoms. The van der Waals surface area contributed by atoms with Gasteiger partial charge in [-0.05, 0) is 30.7 Å². The molecule has 1 amide bonds. The summed E-state index contributed by atoms with van der Waals surface area (Å²) in [6, 6.07) is 5.97. The number of halogens is 1. The van der Waals surface area contributed by atoms with E-state index in [1.165, 1.54) is 0 Å². The van der Waals surface area contributed by atoms with E-state index in [1.807, 2.05) is 19.1 Å². The van der Waals surface area contributed by atoms with Gasteiger partial charge in [-0.1, -0.05) is 31.5 Å². The first-order valence-corrected chi connectivity index (χ1v) is 7.58. The van der Waals surface area contributed by atoms with Crippen molar-refractivity contribution in [1.82, 2.24) is 10.6 Å². The molecule has 1 unspecified atom stereocenters. The van der Waals surface area contributed by atoms with Gasteiger partial charge in [-0.2, -0.15) is 0 Å². The maximum Gasteiger partial charge on any atom is 0.242 e. The minimum atomic E-state index is -0.0977. The lowest BCUT2D eigenvalue weighted by Gasteiger charge is -2.36. The van der Waals surface area contributed by atoms with Crippen molar-refractivity contribution in [1.29, 1.82) is 0 Å². The zero-order valence-corrected chi connectivity index (χ0v) is 12.8. The summed E-state index contributed by atoms with van der Waals surface area (Å²) >= 11 is 6.34. The molecule has 0 radical (unpaired) electrons. The predicted molar refractivity (Wildman–Crippen MR) is 83.3 cm³/mol. The van der Waals surface area contributed by atoms with Crippen LogP contribution in [0.15, 0.2) is 18.2 Å². The molecule has 1 saturated heterocycles. The molecule has 5 heteroatoms. The summed E-state index contributed by atoms with van der Waals surface area (Å²) in [5, 5.41) is 6.94. The van der Waals surface area contributed by atoms with E-state index in [0.29, 0.717) is 6.54 Å². The first-order chi connectivity index (χ1) is 9.67. The van der Waals surface area contributed by atoms with Crippen LogP contribution in [0.2, 0.25) is 5.02 Å². The third-order valence-corrected chi connectivity index (χ3v) is 4.00. The molecule has 110 valence electrons. The number of piperazine rings is 1. The first kappa shape index (κ1) is 15.1. The normalized spacial score (nSPS) is 19.1. The third-order valence-electron chi connectivity index (χ3n) is 3.65. The van der Waals surface area contributed by atoms with Crippen LogP contribution in [0.1, 0.15) is 25.8 Å². The number of nitrogens with one attached hydrogen (secondary N) is 2. The van der Waals surface area contributed by atoms with E-state index in [0.717, 1.165) is 42.3 Å². The fourth-order valence-corrected chi connectivity index (χ4v) is 2.79. The highest BCUT2D eigenvalue weighted by Crippen LogP contribution is 2.26. The number of amides is 1. The Labute approximate surface area is 125 Å². The number of carbonyl (C=O) groups is 1. The molecule has 1 aromatic rings. The molecular weight excluding hydrogens is 274 g/mol. The molecule has 2 rings (SSSR count). The number of hydrogen-bond acceptors (Lipinski definition) is 3. The summed E-state index contributed by atoms with van der Waals surface area (Å²) in [7, 11) is 0. The Bertz CT molecular complexity index is 478. The van der Waals surface area contributed by atoms with Crippen LogP contribution >= 0.6 is 11.6 Å². The second kappa shape index (κ2) is 6.95. The Kier molecular flexibility index (Phi) is 5.26. The van der Waals surface area contributed by atoms with E-state index in [1.54, 1.807) is 0 Å². The minimum absolute atomic E-state index is 0.0977. The molecular formula is C15H22ClN3O. The first-order valence-electron chi connectivity index (χ1n) is 7.20. The van der Waals surface area contributed by atoms with Crippen LogP contribution in [0.3, 0.4) is 0 Å². The largest absolute Gasteiger partial charge is 0.358 e. The summed E-state index contributed by atoms with van der Waals surface area (Å²) < 4.78 is 0. The lowest BCUT2D eigenvalue weighted by atomic mass is 10.1. The molecule has 1 atom stereocenters. The second-order valence-corrected chi connectivity index (χ2v) is 5.37. The molecule has 0 saturated carbocycles. The van der Waals surface area contributed by atoms with Crippen molar-refractivity contribution in [2.75, 3.05) is 24.5 Å². The van der Waals surface area contributed by atoms with Crippen LogP contribution in [0.5, 0.6) is 0 Å². The predicted octanol–water partition coefficient (Wildman–Crippen LogP) is 2.16. The van der Waals surface area contributed by atoms with Gasteiger partial charge in [0.1, 0.15) is 6.04 Å². The van der Waals surface area contributed by atoms with Crippen LogP contribution in [-0.4, -0.2) is 31.6 Å². The van der Waals surface area contributed by atoms with Gasteiger partial charge in [0.15, 0.2) is 0 Å². The van der Waals surface area contributed by atoms with E-state index < -0.39 is 0 Å². The van der Waals surface area contributed by atoms with Gasteiger partial charge in [0, 0.05) is 30.3 Å². The van der Waals surface area contributed by atoms with Crippen LogP contribution in [0, 0.1) is 0 Å². The van der Waals surface area contributed by atoms with Crippen LogP contribution in [-0.2, 0) is 11.3 Å². The number of nitrogens with zero attached hydrogens (tertiary/aromatic N) is 1. The van der Waals surface area contributed by atoms with Gasteiger partial charge < -0.3 is 15.5 Å². The number of anilines is 1. The zero-order chi connectivity index (χ0) is 14.5. The van der Waals surface area contributed by atoms with Crippen molar-refractivity contribution in [3.8, 4) is 0 Å². The number of benzene rings is 1. The van der Waals surface area contributed by atoms with E-state index in [-0.39, 0.29) is 11.9 Å². The fraction of sp³-hybridized carbons (Fsp3) is 0.533. The summed E-state index contributed by atoms with van der Waals surface area (Å²) in [5.41, 5.74) is 2.11. The lowest BCUT2D eigenvalue weighted by Crippen LogP contribution is -2.55. The monoisotopic (exact) mass is 295 g/mol. The van der Waals surface area contributed by atoms with Crippen molar-refractivity contribution in [2.45, 2.75) is 32.9 Å². The van der Waals surface area contributed by atoms with Crippen molar-refractivity contribution in [2.24, 2.45) is 0 Å². The van der Waals surface area contributed by atoms with Gasteiger partial charge >= 0.3 is 0 Å². The average Bonchev–Trinajstić information content (AvgIpc) is 2.45. The van der Waals surface area contributed by atoms with Crippen molar-refractivity contribution < 1.29 is 4.79 Å². The van der Waals surface area contributed by atoms with Crippen LogP contribution in [0.4, 0.5) is 5.69 Å². The zero-order valence-electron chi connectivity index (χ0n) is 12.1. The van der Waals surface area contributed by atoms with Gasteiger partial charge in [0.25, 0.3) is 0 Å². The molecule has 1 fully saturated rings. The van der Waals surface area contributed by atoms with Crippen LogP contribution in [0.25, 0.3) is 0 Å².